The Hall–Kier alpha value is -11.9. The molecule has 0 saturated carbocycles. The molecule has 0 fully saturated rings. The van der Waals surface area contributed by atoms with Crippen LogP contribution in [-0.4, -0.2) is 171 Å². The zero-order chi connectivity index (χ0) is 89.7. The van der Waals surface area contributed by atoms with Crippen molar-refractivity contribution in [2.45, 2.75) is 187 Å². The first kappa shape index (κ1) is 102. The van der Waals surface area contributed by atoms with Gasteiger partial charge in [0.2, 0.25) is 23.6 Å². The van der Waals surface area contributed by atoms with Gasteiger partial charge in [0.1, 0.15) is 36.3 Å². The highest BCUT2D eigenvalue weighted by molar-refractivity contribution is 5.97. The number of carbonyl (C=O) groups excluding carboxylic acids is 15. The SMILES string of the molecule is COCCOCCCC(=O)[C@@H](CCC(=O)OCc1ccccc1)NC(=O)[C@@H](CCC(=O)OCc1ccccc1)CC(=O)[C@@H](Cc1ccccc1)NC(=O)[C@H](CC(C)=O)Cc1ccc(OC(C)=O)cc1.COCCOCCCC(=O)[C@@H](CCC(=O)ON)NC(=O)[C@@H](CCC(=O)ON)CC(=O)[C@@H](Cc1ccccc1)NC(=O)[C@H](CC(C)=O)Cc1ccc(O)cc1. The van der Waals surface area contributed by atoms with E-state index in [2.05, 4.69) is 30.9 Å². The van der Waals surface area contributed by atoms with E-state index < -0.39 is 132 Å². The number of hydrogen-bond acceptors (Lipinski definition) is 27. The molecular weight excluding hydrogens is 1590 g/mol. The van der Waals surface area contributed by atoms with Crippen LogP contribution in [0.3, 0.4) is 0 Å². The predicted octanol–water partition coefficient (Wildman–Crippen LogP) is 8.32. The summed E-state index contributed by atoms with van der Waals surface area (Å²) in [6.45, 7) is 5.92. The average molecular weight is 1710 g/mol. The van der Waals surface area contributed by atoms with Crippen molar-refractivity contribution < 1.29 is 120 Å². The molecule has 0 aromatic heterocycles. The van der Waals surface area contributed by atoms with Gasteiger partial charge in [0.15, 0.2) is 23.1 Å². The number of carbonyl (C=O) groups is 15. The molecule has 123 heavy (non-hydrogen) atoms. The second-order valence-electron chi connectivity index (χ2n) is 29.7. The van der Waals surface area contributed by atoms with E-state index in [9.17, 15) is 77.0 Å². The van der Waals surface area contributed by atoms with Gasteiger partial charge in [-0.15, -0.1) is 0 Å². The highest BCUT2D eigenvalue weighted by atomic mass is 16.7. The molecule has 0 aliphatic heterocycles. The molecule has 9 N–H and O–H groups in total. The number of hydrogen-bond donors (Lipinski definition) is 7. The van der Waals surface area contributed by atoms with Crippen molar-refractivity contribution in [3.63, 3.8) is 0 Å². The summed E-state index contributed by atoms with van der Waals surface area (Å²) in [7, 11) is 3.07. The molecule has 6 aromatic carbocycles. The Morgan fingerprint density at radius 1 is 0.333 bits per heavy atom. The number of methoxy groups -OCH3 is 2. The second kappa shape index (κ2) is 58.2. The van der Waals surface area contributed by atoms with Crippen LogP contribution in [0, 0.1) is 23.7 Å². The van der Waals surface area contributed by atoms with Crippen molar-refractivity contribution >= 4 is 88.2 Å². The highest BCUT2D eigenvalue weighted by Gasteiger charge is 2.36. The lowest BCUT2D eigenvalue weighted by molar-refractivity contribution is -0.147. The van der Waals surface area contributed by atoms with Crippen LogP contribution in [0.15, 0.2) is 170 Å². The Morgan fingerprint density at radius 2 is 0.659 bits per heavy atom. The number of ether oxygens (including phenoxy) is 7. The lowest BCUT2D eigenvalue weighted by atomic mass is 9.89. The largest absolute Gasteiger partial charge is 0.508 e. The summed E-state index contributed by atoms with van der Waals surface area (Å²) in [5.41, 5.74) is 4.31. The Morgan fingerprint density at radius 3 is 1.02 bits per heavy atom. The van der Waals surface area contributed by atoms with Crippen molar-refractivity contribution in [2.75, 3.05) is 53.9 Å². The average Bonchev–Trinajstić information content (AvgIpc) is 0.849. The molecule has 4 amide bonds. The number of rotatable bonds is 59. The molecule has 0 bridgehead atoms. The smallest absolute Gasteiger partial charge is 0.324 e. The molecule has 0 aliphatic rings. The number of nitrogens with two attached hydrogens (primary N) is 2. The number of Topliss-reactive ketones (excluding diaryl/α,β-unsaturated/α-hetero) is 6. The first-order chi connectivity index (χ1) is 59.1. The van der Waals surface area contributed by atoms with Crippen LogP contribution in [0.5, 0.6) is 11.5 Å². The Bertz CT molecular complexity index is 4310. The Balaban J connectivity index is 0.000000451. The van der Waals surface area contributed by atoms with E-state index in [1.54, 1.807) is 116 Å². The van der Waals surface area contributed by atoms with E-state index in [0.717, 1.165) is 11.1 Å². The third-order valence-electron chi connectivity index (χ3n) is 19.6. The fourth-order valence-corrected chi connectivity index (χ4v) is 13.0. The Kier molecular flexibility index (Phi) is 48.1. The van der Waals surface area contributed by atoms with Crippen molar-refractivity contribution in [1.29, 1.82) is 0 Å². The van der Waals surface area contributed by atoms with Gasteiger partial charge >= 0.3 is 29.8 Å². The van der Waals surface area contributed by atoms with Crippen LogP contribution in [-0.2, 0) is 149 Å². The van der Waals surface area contributed by atoms with Crippen molar-refractivity contribution in [3.05, 3.63) is 203 Å². The van der Waals surface area contributed by atoms with Gasteiger partial charge in [-0.25, -0.2) is 0 Å². The number of benzene rings is 6. The minimum Gasteiger partial charge on any atom is -0.508 e. The summed E-state index contributed by atoms with van der Waals surface area (Å²) in [5.74, 6) is -2.06. The molecule has 0 saturated heterocycles. The number of esters is 3. The molecule has 0 spiro atoms. The topological polar surface area (TPSA) is 460 Å². The van der Waals surface area contributed by atoms with Gasteiger partial charge < -0.3 is 78.8 Å². The fourth-order valence-electron chi connectivity index (χ4n) is 13.0. The number of nitrogens with one attached hydrogen (secondary N) is 4. The summed E-state index contributed by atoms with van der Waals surface area (Å²) >= 11 is 0. The minimum absolute atomic E-state index is 0.00451. The number of phenols is 1. The molecule has 0 radical (unpaired) electrons. The fraction of sp³-hybridized carbons (Fsp3) is 0.446. The zero-order valence-corrected chi connectivity index (χ0v) is 70.5. The molecule has 31 heteroatoms. The third kappa shape index (κ3) is 42.5. The van der Waals surface area contributed by atoms with Crippen molar-refractivity contribution in [2.24, 2.45) is 35.5 Å². The maximum Gasteiger partial charge on any atom is 0.324 e. The molecule has 0 heterocycles. The van der Waals surface area contributed by atoms with E-state index in [-0.39, 0.29) is 152 Å². The van der Waals surface area contributed by atoms with E-state index in [1.165, 1.54) is 40.0 Å². The molecule has 0 unspecified atom stereocenters. The second-order valence-corrected chi connectivity index (χ2v) is 29.7. The lowest BCUT2D eigenvalue weighted by Crippen LogP contribution is -2.48. The molecule has 0 aliphatic carbocycles. The van der Waals surface area contributed by atoms with Crippen LogP contribution in [0.2, 0.25) is 0 Å². The van der Waals surface area contributed by atoms with Gasteiger partial charge in [0.05, 0.1) is 50.6 Å². The molecule has 6 rings (SSSR count). The zero-order valence-electron chi connectivity index (χ0n) is 70.5. The molecular formula is C92H116N6O25. The van der Waals surface area contributed by atoms with Gasteiger partial charge in [0, 0.05) is 122 Å². The maximum atomic E-state index is 14.6. The predicted molar refractivity (Wildman–Crippen MR) is 449 cm³/mol. The van der Waals surface area contributed by atoms with Gasteiger partial charge in [-0.2, -0.15) is 11.8 Å². The number of phenolic OH excluding ortho intramolecular Hbond substituents is 1. The van der Waals surface area contributed by atoms with E-state index >= 15 is 0 Å². The summed E-state index contributed by atoms with van der Waals surface area (Å²) in [6, 6.07) is 44.0. The Labute approximate surface area is 716 Å². The minimum atomic E-state index is -1.19. The van der Waals surface area contributed by atoms with E-state index in [4.69, 9.17) is 45.0 Å². The van der Waals surface area contributed by atoms with Crippen LogP contribution in [0.4, 0.5) is 0 Å². The molecule has 31 nitrogen and oxygen atoms in total. The third-order valence-corrected chi connectivity index (χ3v) is 19.6. The maximum absolute atomic E-state index is 14.6. The van der Waals surface area contributed by atoms with Crippen molar-refractivity contribution in [3.8, 4) is 11.5 Å². The number of ketones is 6. The quantitative estimate of drug-likeness (QED) is 0.00816. The summed E-state index contributed by atoms with van der Waals surface area (Å²) < 4.78 is 37.0. The lowest BCUT2D eigenvalue weighted by Gasteiger charge is -2.25. The van der Waals surface area contributed by atoms with Crippen LogP contribution in [0.25, 0.3) is 0 Å². The van der Waals surface area contributed by atoms with Crippen molar-refractivity contribution in [1.82, 2.24) is 21.3 Å². The molecule has 6 aromatic rings. The van der Waals surface area contributed by atoms with Gasteiger partial charge in [-0.1, -0.05) is 146 Å². The number of amides is 4. The monoisotopic (exact) mass is 1700 g/mol. The van der Waals surface area contributed by atoms with Crippen LogP contribution >= 0.6 is 0 Å². The normalized spacial score (nSPS) is 12.8. The highest BCUT2D eigenvalue weighted by Crippen LogP contribution is 2.25. The molecule has 664 valence electrons. The summed E-state index contributed by atoms with van der Waals surface area (Å²) in [5, 5.41) is 20.8. The van der Waals surface area contributed by atoms with Gasteiger partial charge in [-0.3, -0.25) is 62.3 Å². The van der Waals surface area contributed by atoms with Gasteiger partial charge in [0.25, 0.3) is 0 Å². The first-order valence-electron chi connectivity index (χ1n) is 40.9. The summed E-state index contributed by atoms with van der Waals surface area (Å²) in [4.78, 5) is 206. The van der Waals surface area contributed by atoms with Crippen LogP contribution in [0.1, 0.15) is 157 Å². The van der Waals surface area contributed by atoms with E-state index in [1.807, 2.05) is 48.5 Å². The standard InChI is InChI=1S/C54H64N2O13.C38H52N4O12/c1-38(57)32-45(33-41-21-24-46(25-22-41)69-39(2)58)54(64)56-48(34-40-14-7-4-8-15-40)50(60)35-44(23-27-51(61)67-36-42-16-9-5-10-17-42)53(63)55-47(49(59)20-13-29-66-31-30-65-3)26-28-52(62)68-37-43-18-11-6-12-19-43;1-25(43)21-29(22-27-10-13-30(44)14-11-27)38(50)42-32(23-26-7-4-3-5-8-26)34(46)24-28(12-16-35(47)53-39)37(49)41-31(15-17-36(48)54-40)33(45)9-6-18-52-20-19-51-2/h4-12,14-19,21-22,24-25,44-45,47-48H,13,20,23,26-37H2,1-3H3,(H,55,63)(H,56,64);3-5,7-8,10-11,13-14,28-29,31-32,44H,6,9,12,15-24,39-40H2,1-2H3,(H,41,49)(H,42,50)/t44-,45+,47+,48+;28-,29+,31+,32+/m00/s1. The first-order valence-corrected chi connectivity index (χ1v) is 40.9. The molecule has 8 atom stereocenters. The van der Waals surface area contributed by atoms with Gasteiger partial charge in [-0.05, 0) is 136 Å². The van der Waals surface area contributed by atoms with Crippen LogP contribution < -0.4 is 37.8 Å². The number of aromatic hydroxyl groups is 1. The summed E-state index contributed by atoms with van der Waals surface area (Å²) in [6.07, 6.45) is -1.84. The van der Waals surface area contributed by atoms with E-state index in [0.29, 0.717) is 67.3 Å².